The second kappa shape index (κ2) is 5.49. The molecule has 0 aliphatic heterocycles. The quantitative estimate of drug-likeness (QED) is 0.853. The third-order valence-corrected chi connectivity index (χ3v) is 4.68. The highest BCUT2D eigenvalue weighted by molar-refractivity contribution is 9.10. The molecule has 21 heavy (non-hydrogen) atoms. The predicted molar refractivity (Wildman–Crippen MR) is 75.3 cm³/mol. The third-order valence-electron chi connectivity index (χ3n) is 2.55. The van der Waals surface area contributed by atoms with E-state index in [-0.39, 0.29) is 20.8 Å². The van der Waals surface area contributed by atoms with Crippen LogP contribution in [-0.4, -0.2) is 19.5 Å². The van der Waals surface area contributed by atoms with Gasteiger partial charge in [-0.25, -0.2) is 17.6 Å². The van der Waals surface area contributed by atoms with Gasteiger partial charge in [0.25, 0.3) is 10.0 Å². The lowest BCUT2D eigenvalue weighted by Crippen LogP contribution is -2.13. The Balaban J connectivity index is 2.41. The van der Waals surface area contributed by atoms with Crippen LogP contribution in [0.2, 0.25) is 0 Å². The van der Waals surface area contributed by atoms with Crippen molar-refractivity contribution in [1.82, 2.24) is 0 Å². The van der Waals surface area contributed by atoms with Crippen LogP contribution >= 0.6 is 15.9 Å². The molecule has 2 aromatic rings. The van der Waals surface area contributed by atoms with Crippen molar-refractivity contribution >= 4 is 37.6 Å². The molecule has 2 rings (SSSR count). The fourth-order valence-electron chi connectivity index (χ4n) is 1.61. The molecule has 1 aromatic heterocycles. The summed E-state index contributed by atoms with van der Waals surface area (Å²) < 4.78 is 44.7. The summed E-state index contributed by atoms with van der Waals surface area (Å²) in [6.07, 6.45) is 0. The van der Waals surface area contributed by atoms with Gasteiger partial charge < -0.3 is 9.52 Å². The van der Waals surface area contributed by atoms with Gasteiger partial charge in [0.1, 0.15) is 16.5 Å². The lowest BCUT2D eigenvalue weighted by molar-refractivity contribution is 0.0661. The third kappa shape index (κ3) is 3.24. The Labute approximate surface area is 127 Å². The Hall–Kier alpha value is -1.87. The van der Waals surface area contributed by atoms with Gasteiger partial charge in [-0.05, 0) is 41.1 Å². The molecule has 0 amide bonds. The zero-order chi connectivity index (χ0) is 15.8. The minimum absolute atomic E-state index is 0.0573. The second-order valence-corrected chi connectivity index (χ2v) is 6.57. The maximum atomic E-state index is 13.0. The lowest BCUT2D eigenvalue weighted by atomic mass is 10.3. The molecular weight excluding hydrogens is 369 g/mol. The Kier molecular flexibility index (Phi) is 4.06. The number of aromatic carboxylic acids is 1. The van der Waals surface area contributed by atoms with Gasteiger partial charge >= 0.3 is 5.97 Å². The molecule has 0 atom stereocenters. The molecule has 112 valence electrons. The van der Waals surface area contributed by atoms with Crippen LogP contribution in [0.5, 0.6) is 0 Å². The van der Waals surface area contributed by atoms with E-state index in [0.717, 1.165) is 18.2 Å². The first-order valence-electron chi connectivity index (χ1n) is 5.52. The average molecular weight is 378 g/mol. The predicted octanol–water partition coefficient (Wildman–Crippen LogP) is 2.99. The molecule has 0 unspecified atom stereocenters. The summed E-state index contributed by atoms with van der Waals surface area (Å²) in [7, 11) is -4.05. The molecule has 0 aliphatic rings. The van der Waals surface area contributed by atoms with Crippen LogP contribution in [-0.2, 0) is 10.0 Å². The van der Waals surface area contributed by atoms with E-state index in [1.54, 1.807) is 0 Å². The molecule has 9 heteroatoms. The topological polar surface area (TPSA) is 96.6 Å². The number of carboxylic acids is 1. The highest BCUT2D eigenvalue weighted by Gasteiger charge is 2.24. The molecule has 0 saturated carbocycles. The monoisotopic (exact) mass is 377 g/mol. The summed E-state index contributed by atoms with van der Waals surface area (Å²) in [6, 6.07) is 4.35. The van der Waals surface area contributed by atoms with E-state index >= 15 is 0 Å². The van der Waals surface area contributed by atoms with Gasteiger partial charge in [-0.3, -0.25) is 4.72 Å². The first-order chi connectivity index (χ1) is 9.70. The van der Waals surface area contributed by atoms with Crippen molar-refractivity contribution in [3.63, 3.8) is 0 Å². The Bertz CT molecular complexity index is 815. The number of benzene rings is 1. The fraction of sp³-hybridized carbons (Fsp3) is 0.0833. The van der Waals surface area contributed by atoms with Gasteiger partial charge in [-0.2, -0.15) is 0 Å². The molecule has 1 aromatic carbocycles. The van der Waals surface area contributed by atoms with Crippen LogP contribution in [0.4, 0.5) is 10.1 Å². The van der Waals surface area contributed by atoms with Gasteiger partial charge in [-0.1, -0.05) is 0 Å². The number of carboxylic acid groups (broad SMARTS) is 1. The number of sulfonamides is 1. The summed E-state index contributed by atoms with van der Waals surface area (Å²) in [4.78, 5) is 10.5. The van der Waals surface area contributed by atoms with E-state index in [2.05, 4.69) is 20.7 Å². The number of furan rings is 1. The van der Waals surface area contributed by atoms with Crippen molar-refractivity contribution in [2.24, 2.45) is 0 Å². The number of hydrogen-bond donors (Lipinski definition) is 2. The van der Waals surface area contributed by atoms with Crippen LogP contribution in [0.1, 0.15) is 16.3 Å². The zero-order valence-electron chi connectivity index (χ0n) is 10.6. The van der Waals surface area contributed by atoms with E-state index in [0.29, 0.717) is 0 Å². The molecule has 1 heterocycles. The summed E-state index contributed by atoms with van der Waals surface area (Å²) in [5.41, 5.74) is 0.119. The molecule has 0 fully saturated rings. The van der Waals surface area contributed by atoms with Crippen LogP contribution in [0, 0.1) is 12.7 Å². The smallest absolute Gasteiger partial charge is 0.371 e. The van der Waals surface area contributed by atoms with Gasteiger partial charge in [0, 0.05) is 10.5 Å². The molecule has 0 radical (unpaired) electrons. The first-order valence-corrected chi connectivity index (χ1v) is 7.80. The largest absolute Gasteiger partial charge is 0.475 e. The van der Waals surface area contributed by atoms with E-state index in [1.807, 2.05) is 0 Å². The maximum absolute atomic E-state index is 13.0. The van der Waals surface area contributed by atoms with Crippen molar-refractivity contribution in [3.8, 4) is 0 Å². The molecule has 0 bridgehead atoms. The van der Waals surface area contributed by atoms with Crippen molar-refractivity contribution in [2.45, 2.75) is 11.8 Å². The SMILES string of the molecule is Cc1oc(C(=O)O)cc1S(=O)(=O)Nc1ccc(F)cc1Br. The summed E-state index contributed by atoms with van der Waals surface area (Å²) >= 11 is 3.03. The first kappa shape index (κ1) is 15.5. The number of aryl methyl sites for hydroxylation is 1. The van der Waals surface area contributed by atoms with Gasteiger partial charge in [0.05, 0.1) is 5.69 Å². The second-order valence-electron chi connectivity index (χ2n) is 4.07. The van der Waals surface area contributed by atoms with Crippen molar-refractivity contribution in [3.05, 3.63) is 46.1 Å². The Morgan fingerprint density at radius 3 is 2.57 bits per heavy atom. The van der Waals surface area contributed by atoms with Crippen molar-refractivity contribution in [1.29, 1.82) is 0 Å². The van der Waals surface area contributed by atoms with Crippen LogP contribution in [0.3, 0.4) is 0 Å². The number of anilines is 1. The maximum Gasteiger partial charge on any atom is 0.371 e. The lowest BCUT2D eigenvalue weighted by Gasteiger charge is -2.08. The Morgan fingerprint density at radius 2 is 2.05 bits per heavy atom. The zero-order valence-corrected chi connectivity index (χ0v) is 13.0. The number of halogens is 2. The molecule has 6 nitrogen and oxygen atoms in total. The van der Waals surface area contributed by atoms with Crippen molar-refractivity contribution < 1.29 is 27.1 Å². The minimum atomic E-state index is -4.05. The standard InChI is InChI=1S/C12H9BrFNO5S/c1-6-11(5-10(20-6)12(16)17)21(18,19)15-9-3-2-7(14)4-8(9)13/h2-5,15H,1H3,(H,16,17). The summed E-state index contributed by atoms with van der Waals surface area (Å²) in [5, 5.41) is 8.79. The number of rotatable bonds is 4. The minimum Gasteiger partial charge on any atom is -0.475 e. The molecular formula is C12H9BrFNO5S. The fourth-order valence-corrected chi connectivity index (χ4v) is 3.45. The molecule has 0 spiro atoms. The molecule has 0 aliphatic carbocycles. The van der Waals surface area contributed by atoms with Crippen molar-refractivity contribution in [2.75, 3.05) is 4.72 Å². The summed E-state index contributed by atoms with van der Waals surface area (Å²) in [5.74, 6) is -2.44. The van der Waals surface area contributed by atoms with Gasteiger partial charge in [0.15, 0.2) is 0 Å². The normalized spacial score (nSPS) is 11.4. The van der Waals surface area contributed by atoms with E-state index in [1.165, 1.54) is 13.0 Å². The number of carbonyl (C=O) groups is 1. The van der Waals surface area contributed by atoms with Crippen LogP contribution in [0.25, 0.3) is 0 Å². The van der Waals surface area contributed by atoms with Gasteiger partial charge in [0.2, 0.25) is 5.76 Å². The van der Waals surface area contributed by atoms with Gasteiger partial charge in [-0.15, -0.1) is 0 Å². The Morgan fingerprint density at radius 1 is 1.38 bits per heavy atom. The van der Waals surface area contributed by atoms with E-state index < -0.39 is 27.6 Å². The highest BCUT2D eigenvalue weighted by Crippen LogP contribution is 2.28. The van der Waals surface area contributed by atoms with Crippen LogP contribution in [0.15, 0.2) is 38.1 Å². The van der Waals surface area contributed by atoms with Crippen LogP contribution < -0.4 is 4.72 Å². The molecule has 0 saturated heterocycles. The number of hydrogen-bond acceptors (Lipinski definition) is 4. The molecule has 2 N–H and O–H groups in total. The number of nitrogens with one attached hydrogen (secondary N) is 1. The van der Waals surface area contributed by atoms with E-state index in [4.69, 9.17) is 9.52 Å². The average Bonchev–Trinajstić information content (AvgIpc) is 2.76. The summed E-state index contributed by atoms with van der Waals surface area (Å²) in [6.45, 7) is 1.33. The highest BCUT2D eigenvalue weighted by atomic mass is 79.9. The van der Waals surface area contributed by atoms with E-state index in [9.17, 15) is 17.6 Å².